The first-order chi connectivity index (χ1) is 15.8. The van der Waals surface area contributed by atoms with Gasteiger partial charge in [-0.05, 0) is 0 Å². The maximum atomic E-state index is 2.24. The van der Waals surface area contributed by atoms with E-state index in [0.29, 0.717) is 0 Å². The van der Waals surface area contributed by atoms with Gasteiger partial charge in [-0.3, -0.25) is 0 Å². The molecule has 0 amide bonds. The van der Waals surface area contributed by atoms with Crippen molar-refractivity contribution in [1.82, 2.24) is 0 Å². The average molecular weight is 526 g/mol. The van der Waals surface area contributed by atoms with Gasteiger partial charge in [0.15, 0.2) is 0 Å². The van der Waals surface area contributed by atoms with E-state index in [1.54, 1.807) is 0 Å². The van der Waals surface area contributed by atoms with Gasteiger partial charge in [-0.15, -0.1) is 39.7 Å². The first-order valence-corrected chi connectivity index (χ1v) is 11.9. The van der Waals surface area contributed by atoms with Gasteiger partial charge in [0.2, 0.25) is 0 Å². The summed E-state index contributed by atoms with van der Waals surface area (Å²) in [5, 5.41) is 5.39. The molecule has 3 heteroatoms. The molecule has 0 radical (unpaired) electrons. The Hall–Kier alpha value is -3.29. The second-order valence-corrected chi connectivity index (χ2v) is 8.62. The summed E-state index contributed by atoms with van der Waals surface area (Å²) < 4.78 is 1.42. The molecule has 0 atom stereocenters. The summed E-state index contributed by atoms with van der Waals surface area (Å²) in [5.74, 6) is 0. The van der Waals surface area contributed by atoms with E-state index in [1.807, 2.05) is 30.3 Å². The number of hydrogen-bond donors (Lipinski definition) is 0. The Morgan fingerprint density at radius 2 is 0.853 bits per heavy atom. The SMILES string of the molecule is [F-].[F-].[Zr+2]=[C](c1ccccc1)c1ccccc1.c1cc[cH-]c1.c1ccc2c(c1)[cH-]c1ccccc12. The van der Waals surface area contributed by atoms with Gasteiger partial charge in [0, 0.05) is 0 Å². The Balaban J connectivity index is 0.000000191. The second kappa shape index (κ2) is 14.1. The number of hydrogen-bond acceptors (Lipinski definition) is 0. The second-order valence-electron chi connectivity index (χ2n) is 7.39. The predicted octanol–water partition coefficient (Wildman–Crippen LogP) is 1.93. The van der Waals surface area contributed by atoms with E-state index in [4.69, 9.17) is 0 Å². The third-order valence-corrected chi connectivity index (χ3v) is 6.62. The summed E-state index contributed by atoms with van der Waals surface area (Å²) in [5.41, 5.74) is 2.66. The minimum Gasteiger partial charge on any atom is -0.214 e. The van der Waals surface area contributed by atoms with Crippen LogP contribution < -0.4 is 9.41 Å². The van der Waals surface area contributed by atoms with Crippen LogP contribution in [0.5, 0.6) is 0 Å². The van der Waals surface area contributed by atoms with Crippen molar-refractivity contribution in [3.8, 4) is 0 Å². The molecular formula is C31H24F2Zr-2. The Morgan fingerprint density at radius 1 is 0.471 bits per heavy atom. The van der Waals surface area contributed by atoms with Crippen LogP contribution in [-0.4, -0.2) is 3.21 Å². The molecule has 6 rings (SSSR count). The molecule has 0 fully saturated rings. The molecule has 34 heavy (non-hydrogen) atoms. The van der Waals surface area contributed by atoms with Crippen LogP contribution in [0.2, 0.25) is 0 Å². The van der Waals surface area contributed by atoms with Crippen LogP contribution >= 0.6 is 0 Å². The molecule has 0 heterocycles. The number of benzene rings is 4. The van der Waals surface area contributed by atoms with Crippen molar-refractivity contribution in [2.24, 2.45) is 0 Å². The molecule has 0 unspecified atom stereocenters. The van der Waals surface area contributed by atoms with Crippen LogP contribution in [0.4, 0.5) is 0 Å². The fourth-order valence-electron chi connectivity index (χ4n) is 3.60. The van der Waals surface area contributed by atoms with E-state index in [-0.39, 0.29) is 9.41 Å². The predicted molar refractivity (Wildman–Crippen MR) is 135 cm³/mol. The van der Waals surface area contributed by atoms with E-state index in [0.717, 1.165) is 0 Å². The Morgan fingerprint density at radius 3 is 1.24 bits per heavy atom. The van der Waals surface area contributed by atoms with Crippen molar-refractivity contribution in [2.45, 2.75) is 0 Å². The maximum Gasteiger partial charge on any atom is -0.0771 e. The summed E-state index contributed by atoms with van der Waals surface area (Å²) in [6.07, 6.45) is 0. The number of fused-ring (bicyclic) bond motifs is 3. The molecule has 0 N–H and O–H groups in total. The van der Waals surface area contributed by atoms with Crippen molar-refractivity contribution in [1.29, 1.82) is 0 Å². The molecular weight excluding hydrogens is 502 g/mol. The van der Waals surface area contributed by atoms with Gasteiger partial charge in [0.25, 0.3) is 0 Å². The van der Waals surface area contributed by atoms with Gasteiger partial charge in [-0.2, -0.15) is 18.2 Å². The molecule has 0 aliphatic heterocycles. The van der Waals surface area contributed by atoms with E-state index < -0.39 is 0 Å². The third kappa shape index (κ3) is 7.10. The van der Waals surface area contributed by atoms with Crippen LogP contribution in [0.1, 0.15) is 11.1 Å². The van der Waals surface area contributed by atoms with Gasteiger partial charge >= 0.3 is 99.2 Å². The Kier molecular flexibility index (Phi) is 11.2. The molecule has 168 valence electrons. The molecule has 0 aromatic heterocycles. The molecule has 0 aliphatic carbocycles. The Labute approximate surface area is 214 Å². The van der Waals surface area contributed by atoms with Crippen LogP contribution in [0, 0.1) is 0 Å². The average Bonchev–Trinajstić information content (AvgIpc) is 3.57. The molecule has 6 aromatic rings. The zero-order valence-corrected chi connectivity index (χ0v) is 21.1. The number of halogens is 2. The van der Waals surface area contributed by atoms with Crippen molar-refractivity contribution in [3.63, 3.8) is 0 Å². The van der Waals surface area contributed by atoms with E-state index >= 15 is 0 Å². The summed E-state index contributed by atoms with van der Waals surface area (Å²) in [7, 11) is 0. The minimum absolute atomic E-state index is 0. The fourth-order valence-corrected chi connectivity index (χ4v) is 4.42. The molecule has 0 spiro atoms. The number of rotatable bonds is 2. The van der Waals surface area contributed by atoms with Crippen molar-refractivity contribution in [3.05, 3.63) is 157 Å². The minimum atomic E-state index is 0. The first-order valence-electron chi connectivity index (χ1n) is 10.7. The van der Waals surface area contributed by atoms with Crippen molar-refractivity contribution in [2.75, 3.05) is 0 Å². The van der Waals surface area contributed by atoms with E-state index in [2.05, 4.69) is 115 Å². The summed E-state index contributed by atoms with van der Waals surface area (Å²) in [4.78, 5) is 0. The van der Waals surface area contributed by atoms with Crippen LogP contribution in [0.3, 0.4) is 0 Å². The topological polar surface area (TPSA) is 0 Å². The fraction of sp³-hybridized carbons (Fsp3) is 0. The monoisotopic (exact) mass is 524 g/mol. The van der Waals surface area contributed by atoms with Crippen LogP contribution in [0.25, 0.3) is 21.5 Å². The van der Waals surface area contributed by atoms with E-state index in [9.17, 15) is 0 Å². The standard InChI is InChI=1S/C13H9.C13H10.C5H5.2FH.Zr/c1-3-7-12-10(5-1)9-11-6-2-4-8-13(11)12;1-3-7-12(8-4-1)11-13-9-5-2-6-10-13;1-2-4-5-3-1;;;/h1-9H;1-10H;1-5H;2*1H;/q-1;;-1;;;+2/p-2. The molecule has 0 saturated heterocycles. The zero-order valence-electron chi connectivity index (χ0n) is 18.6. The van der Waals surface area contributed by atoms with E-state index in [1.165, 1.54) is 60.1 Å². The zero-order chi connectivity index (χ0) is 22.0. The molecule has 0 nitrogen and oxygen atoms in total. The van der Waals surface area contributed by atoms with Crippen LogP contribution in [-0.2, 0) is 24.2 Å². The smallest absolute Gasteiger partial charge is 0.0771 e. The van der Waals surface area contributed by atoms with Gasteiger partial charge in [0.05, 0.1) is 0 Å². The first kappa shape index (κ1) is 27.0. The maximum absolute atomic E-state index is 2.24. The normalized spacial score (nSPS) is 9.47. The molecule has 0 saturated carbocycles. The van der Waals surface area contributed by atoms with Gasteiger partial charge in [-0.1, -0.05) is 36.4 Å². The van der Waals surface area contributed by atoms with Crippen LogP contribution in [0.15, 0.2) is 146 Å². The molecule has 6 aromatic carbocycles. The van der Waals surface area contributed by atoms with Gasteiger partial charge < -0.3 is 9.41 Å². The van der Waals surface area contributed by atoms with Gasteiger partial charge in [-0.25, -0.2) is 12.1 Å². The largest absolute Gasteiger partial charge is 0.214 e. The Bertz CT molecular complexity index is 1260. The summed E-state index contributed by atoms with van der Waals surface area (Å²) in [6.45, 7) is 0. The van der Waals surface area contributed by atoms with Crippen molar-refractivity contribution >= 4 is 24.8 Å². The van der Waals surface area contributed by atoms with Crippen molar-refractivity contribution < 1.29 is 33.6 Å². The molecule has 0 bridgehead atoms. The van der Waals surface area contributed by atoms with Gasteiger partial charge in [0.1, 0.15) is 0 Å². The third-order valence-electron chi connectivity index (χ3n) is 5.20. The molecule has 0 aliphatic rings. The summed E-state index contributed by atoms with van der Waals surface area (Å²) >= 11 is 1.46. The summed E-state index contributed by atoms with van der Waals surface area (Å²) in [6, 6.07) is 50.4. The quantitative estimate of drug-likeness (QED) is 0.303.